The molecular formula is C21H20N2O3. The number of aromatic hydroxyl groups is 1. The molecule has 0 unspecified atom stereocenters. The van der Waals surface area contributed by atoms with E-state index in [9.17, 15) is 9.90 Å². The van der Waals surface area contributed by atoms with Crippen molar-refractivity contribution < 1.29 is 14.6 Å². The van der Waals surface area contributed by atoms with Gasteiger partial charge >= 0.3 is 0 Å². The normalized spacial score (nSPS) is 11.0. The number of ether oxygens (including phenoxy) is 1. The van der Waals surface area contributed by atoms with E-state index < -0.39 is 5.91 Å². The van der Waals surface area contributed by atoms with Gasteiger partial charge in [-0.3, -0.25) is 4.79 Å². The molecule has 0 radical (unpaired) electrons. The van der Waals surface area contributed by atoms with Crippen LogP contribution in [0.4, 0.5) is 0 Å². The molecule has 0 saturated carbocycles. The van der Waals surface area contributed by atoms with Crippen molar-refractivity contribution in [3.8, 4) is 11.5 Å². The monoisotopic (exact) mass is 348 g/mol. The Balaban J connectivity index is 1.86. The second-order valence-corrected chi connectivity index (χ2v) is 5.80. The highest BCUT2D eigenvalue weighted by Gasteiger charge is 2.08. The van der Waals surface area contributed by atoms with Gasteiger partial charge in [-0.1, -0.05) is 43.3 Å². The van der Waals surface area contributed by atoms with Gasteiger partial charge in [0.05, 0.1) is 12.8 Å². The second-order valence-electron chi connectivity index (χ2n) is 5.80. The number of phenols is 1. The topological polar surface area (TPSA) is 70.9 Å². The zero-order valence-corrected chi connectivity index (χ0v) is 14.5. The number of carbonyl (C=O) groups excluding carboxylic acids is 1. The molecule has 1 amide bonds. The first-order chi connectivity index (χ1) is 12.7. The van der Waals surface area contributed by atoms with Gasteiger partial charge in [0.15, 0.2) is 0 Å². The van der Waals surface area contributed by atoms with Crippen molar-refractivity contribution in [2.75, 3.05) is 6.61 Å². The van der Waals surface area contributed by atoms with Crippen LogP contribution in [0.1, 0.15) is 29.3 Å². The molecule has 0 aromatic heterocycles. The fourth-order valence-electron chi connectivity index (χ4n) is 2.61. The maximum atomic E-state index is 12.1. The third-order valence-electron chi connectivity index (χ3n) is 3.86. The predicted octanol–water partition coefficient (Wildman–Crippen LogP) is 4.10. The molecule has 0 aliphatic carbocycles. The molecule has 0 heterocycles. The van der Waals surface area contributed by atoms with Gasteiger partial charge in [-0.2, -0.15) is 5.10 Å². The van der Waals surface area contributed by atoms with Crippen LogP contribution < -0.4 is 10.2 Å². The van der Waals surface area contributed by atoms with Crippen molar-refractivity contribution >= 4 is 22.9 Å². The van der Waals surface area contributed by atoms with Gasteiger partial charge in [-0.05, 0) is 41.5 Å². The largest absolute Gasteiger partial charge is 0.508 e. The summed E-state index contributed by atoms with van der Waals surface area (Å²) in [5, 5.41) is 15.6. The lowest BCUT2D eigenvalue weighted by atomic mass is 10.0. The summed E-state index contributed by atoms with van der Waals surface area (Å²) >= 11 is 0. The number of amides is 1. The number of phenolic OH excluding ortho intramolecular Hbond substituents is 1. The van der Waals surface area contributed by atoms with Crippen LogP contribution in [0.2, 0.25) is 0 Å². The fraction of sp³-hybridized carbons (Fsp3) is 0.143. The average Bonchev–Trinajstić information content (AvgIpc) is 2.67. The number of fused-ring (bicyclic) bond motifs is 1. The lowest BCUT2D eigenvalue weighted by molar-refractivity contribution is 0.0954. The lowest BCUT2D eigenvalue weighted by Gasteiger charge is -2.11. The van der Waals surface area contributed by atoms with Crippen LogP contribution in [-0.2, 0) is 0 Å². The molecule has 3 rings (SSSR count). The van der Waals surface area contributed by atoms with E-state index in [1.165, 1.54) is 12.1 Å². The van der Waals surface area contributed by atoms with Gasteiger partial charge in [-0.25, -0.2) is 5.43 Å². The molecule has 3 aromatic carbocycles. The van der Waals surface area contributed by atoms with Gasteiger partial charge in [0.25, 0.3) is 5.91 Å². The fourth-order valence-corrected chi connectivity index (χ4v) is 2.61. The number of carbonyl (C=O) groups is 1. The van der Waals surface area contributed by atoms with Crippen LogP contribution in [-0.4, -0.2) is 23.8 Å². The molecule has 5 nitrogen and oxygen atoms in total. The Bertz CT molecular complexity index is 951. The predicted molar refractivity (Wildman–Crippen MR) is 103 cm³/mol. The highest BCUT2D eigenvalue weighted by atomic mass is 16.5. The Morgan fingerprint density at radius 1 is 1.15 bits per heavy atom. The van der Waals surface area contributed by atoms with E-state index in [0.717, 1.165) is 28.5 Å². The van der Waals surface area contributed by atoms with Crippen molar-refractivity contribution in [1.29, 1.82) is 0 Å². The Hall–Kier alpha value is -3.34. The Labute approximate surface area is 151 Å². The van der Waals surface area contributed by atoms with E-state index in [1.54, 1.807) is 18.3 Å². The minimum Gasteiger partial charge on any atom is -0.508 e. The maximum Gasteiger partial charge on any atom is 0.271 e. The van der Waals surface area contributed by atoms with Gasteiger partial charge in [0.2, 0.25) is 0 Å². The van der Waals surface area contributed by atoms with Crippen LogP contribution in [0.25, 0.3) is 10.8 Å². The first-order valence-corrected chi connectivity index (χ1v) is 8.46. The highest BCUT2D eigenvalue weighted by molar-refractivity contribution is 6.03. The van der Waals surface area contributed by atoms with Crippen molar-refractivity contribution in [2.45, 2.75) is 13.3 Å². The van der Waals surface area contributed by atoms with Gasteiger partial charge in [-0.15, -0.1) is 0 Å². The number of hydrogen-bond donors (Lipinski definition) is 2. The van der Waals surface area contributed by atoms with Gasteiger partial charge in [0.1, 0.15) is 11.5 Å². The molecule has 0 saturated heterocycles. The molecule has 0 atom stereocenters. The summed E-state index contributed by atoms with van der Waals surface area (Å²) in [5.74, 6) is 0.361. The molecule has 5 heteroatoms. The van der Waals surface area contributed by atoms with Crippen LogP contribution >= 0.6 is 0 Å². The Morgan fingerprint density at radius 2 is 2.00 bits per heavy atom. The van der Waals surface area contributed by atoms with E-state index in [-0.39, 0.29) is 5.75 Å². The molecular weight excluding hydrogens is 328 g/mol. The standard InChI is InChI=1S/C21H20N2O3/c1-2-12-26-20-11-10-15-6-3-4-9-18(15)19(20)14-22-23-21(25)16-7-5-8-17(24)13-16/h3-11,13-14,24H,2,12H2,1H3,(H,23,25)/b22-14+. The number of hydrazone groups is 1. The second kappa shape index (κ2) is 8.16. The summed E-state index contributed by atoms with van der Waals surface area (Å²) in [5.41, 5.74) is 3.63. The summed E-state index contributed by atoms with van der Waals surface area (Å²) in [6.45, 7) is 2.65. The average molecular weight is 348 g/mol. The molecule has 132 valence electrons. The van der Waals surface area contributed by atoms with Crippen molar-refractivity contribution in [3.63, 3.8) is 0 Å². The lowest BCUT2D eigenvalue weighted by Crippen LogP contribution is -2.17. The van der Waals surface area contributed by atoms with E-state index in [0.29, 0.717) is 12.2 Å². The number of nitrogens with one attached hydrogen (secondary N) is 1. The van der Waals surface area contributed by atoms with Gasteiger partial charge in [0, 0.05) is 11.1 Å². The van der Waals surface area contributed by atoms with Crippen molar-refractivity contribution in [1.82, 2.24) is 5.43 Å². The minimum atomic E-state index is -0.395. The third kappa shape index (κ3) is 4.00. The molecule has 3 aromatic rings. The zero-order valence-electron chi connectivity index (χ0n) is 14.5. The van der Waals surface area contributed by atoms with E-state index in [2.05, 4.69) is 10.5 Å². The third-order valence-corrected chi connectivity index (χ3v) is 3.86. The Kier molecular flexibility index (Phi) is 5.49. The molecule has 2 N–H and O–H groups in total. The first-order valence-electron chi connectivity index (χ1n) is 8.46. The number of hydrogen-bond acceptors (Lipinski definition) is 4. The number of benzene rings is 3. The van der Waals surface area contributed by atoms with Crippen LogP contribution in [0.15, 0.2) is 65.8 Å². The summed E-state index contributed by atoms with van der Waals surface area (Å²) in [6.07, 6.45) is 2.49. The first kappa shape index (κ1) is 17.5. The van der Waals surface area contributed by atoms with Crippen LogP contribution in [0, 0.1) is 0 Å². The smallest absolute Gasteiger partial charge is 0.271 e. The van der Waals surface area contributed by atoms with Gasteiger partial charge < -0.3 is 9.84 Å². The van der Waals surface area contributed by atoms with Crippen molar-refractivity contribution in [2.24, 2.45) is 5.10 Å². The summed E-state index contributed by atoms with van der Waals surface area (Å²) in [7, 11) is 0. The molecule has 0 aliphatic heterocycles. The van der Waals surface area contributed by atoms with E-state index in [4.69, 9.17) is 4.74 Å². The SMILES string of the molecule is CCCOc1ccc2ccccc2c1/C=N/NC(=O)c1cccc(O)c1. The summed E-state index contributed by atoms with van der Waals surface area (Å²) < 4.78 is 5.82. The van der Waals surface area contributed by atoms with Crippen LogP contribution in [0.3, 0.4) is 0 Å². The van der Waals surface area contributed by atoms with Crippen LogP contribution in [0.5, 0.6) is 11.5 Å². The molecule has 0 bridgehead atoms. The molecule has 0 aliphatic rings. The summed E-state index contributed by atoms with van der Waals surface area (Å²) in [6, 6.07) is 18.0. The molecule has 26 heavy (non-hydrogen) atoms. The number of rotatable bonds is 6. The van der Waals surface area contributed by atoms with E-state index in [1.807, 2.05) is 43.3 Å². The highest BCUT2D eigenvalue weighted by Crippen LogP contribution is 2.26. The molecule has 0 spiro atoms. The minimum absolute atomic E-state index is 0.0333. The van der Waals surface area contributed by atoms with E-state index >= 15 is 0 Å². The zero-order chi connectivity index (χ0) is 18.4. The Morgan fingerprint density at radius 3 is 2.81 bits per heavy atom. The molecule has 0 fully saturated rings. The van der Waals surface area contributed by atoms with Crippen molar-refractivity contribution in [3.05, 3.63) is 71.8 Å². The summed E-state index contributed by atoms with van der Waals surface area (Å²) in [4.78, 5) is 12.1. The number of nitrogens with zero attached hydrogens (tertiary/aromatic N) is 1. The maximum absolute atomic E-state index is 12.1. The quantitative estimate of drug-likeness (QED) is 0.520.